The lowest BCUT2D eigenvalue weighted by Crippen LogP contribution is -2.32. The molecule has 104 valence electrons. The summed E-state index contributed by atoms with van der Waals surface area (Å²) in [6.07, 6.45) is 3.10. The lowest BCUT2D eigenvalue weighted by atomic mass is 10.0. The minimum atomic E-state index is 0.0766. The Hall–Kier alpha value is -1.55. The zero-order valence-corrected chi connectivity index (χ0v) is 11.4. The third kappa shape index (κ3) is 3.96. The van der Waals surface area contributed by atoms with E-state index in [1.165, 1.54) is 0 Å². The topological polar surface area (TPSA) is 64.4 Å². The fraction of sp³-hybridized carbons (Fsp3) is 0.533. The molecule has 2 unspecified atom stereocenters. The van der Waals surface area contributed by atoms with Crippen LogP contribution in [0.3, 0.4) is 0 Å². The quantitative estimate of drug-likeness (QED) is 0.854. The number of nitrogens with one attached hydrogen (secondary N) is 1. The van der Waals surface area contributed by atoms with Crippen LogP contribution >= 0.6 is 0 Å². The summed E-state index contributed by atoms with van der Waals surface area (Å²) >= 11 is 0. The van der Waals surface area contributed by atoms with Crippen LogP contribution in [0.5, 0.6) is 5.75 Å². The highest BCUT2D eigenvalue weighted by molar-refractivity contribution is 5.76. The van der Waals surface area contributed by atoms with Crippen LogP contribution in [0.2, 0.25) is 0 Å². The predicted molar refractivity (Wildman–Crippen MR) is 74.9 cm³/mol. The second-order valence-corrected chi connectivity index (χ2v) is 5.16. The van der Waals surface area contributed by atoms with Crippen LogP contribution in [0.1, 0.15) is 44.2 Å². The van der Waals surface area contributed by atoms with Crippen LogP contribution in [0.25, 0.3) is 0 Å². The molecular formula is C15H22N2O2. The van der Waals surface area contributed by atoms with E-state index in [1.54, 1.807) is 0 Å². The molecule has 0 radical (unpaired) electrons. The van der Waals surface area contributed by atoms with Gasteiger partial charge >= 0.3 is 0 Å². The van der Waals surface area contributed by atoms with Gasteiger partial charge in [-0.3, -0.25) is 4.79 Å². The van der Waals surface area contributed by atoms with Crippen molar-refractivity contribution in [2.45, 2.75) is 44.7 Å². The van der Waals surface area contributed by atoms with E-state index < -0.39 is 0 Å². The van der Waals surface area contributed by atoms with Crippen molar-refractivity contribution in [2.24, 2.45) is 5.73 Å². The number of fused-ring (bicyclic) bond motifs is 1. The summed E-state index contributed by atoms with van der Waals surface area (Å²) in [6, 6.07) is 8.13. The molecule has 0 spiro atoms. The van der Waals surface area contributed by atoms with Crippen molar-refractivity contribution in [3.05, 3.63) is 29.8 Å². The number of amides is 1. The number of para-hydroxylation sites is 1. The predicted octanol–water partition coefficient (Wildman–Crippen LogP) is 2.14. The van der Waals surface area contributed by atoms with E-state index in [1.807, 2.05) is 31.2 Å². The molecule has 1 amide bonds. The molecule has 1 aromatic rings. The molecule has 1 aliphatic rings. The number of hydrogen-bond donors (Lipinski definition) is 2. The molecule has 19 heavy (non-hydrogen) atoms. The number of carbonyl (C=O) groups is 1. The lowest BCUT2D eigenvalue weighted by molar-refractivity contribution is -0.122. The molecule has 2 rings (SSSR count). The van der Waals surface area contributed by atoms with Gasteiger partial charge in [0.2, 0.25) is 5.91 Å². The van der Waals surface area contributed by atoms with Gasteiger partial charge in [0.15, 0.2) is 0 Å². The third-order valence-corrected chi connectivity index (χ3v) is 3.36. The van der Waals surface area contributed by atoms with Gasteiger partial charge in [0.1, 0.15) is 5.75 Å². The minimum Gasteiger partial charge on any atom is -0.493 e. The molecule has 3 N–H and O–H groups in total. The van der Waals surface area contributed by atoms with Gasteiger partial charge in [-0.15, -0.1) is 0 Å². The molecular weight excluding hydrogens is 240 g/mol. The monoisotopic (exact) mass is 262 g/mol. The highest BCUT2D eigenvalue weighted by Gasteiger charge is 2.22. The Kier molecular flexibility index (Phi) is 4.80. The Balaban J connectivity index is 1.88. The van der Waals surface area contributed by atoms with Crippen LogP contribution in [0.4, 0.5) is 0 Å². The van der Waals surface area contributed by atoms with Crippen LogP contribution in [0, 0.1) is 0 Å². The first-order valence-electron chi connectivity index (χ1n) is 6.93. The maximum absolute atomic E-state index is 11.9. The van der Waals surface area contributed by atoms with E-state index in [0.717, 1.165) is 30.6 Å². The van der Waals surface area contributed by atoms with Gasteiger partial charge in [-0.1, -0.05) is 18.2 Å². The molecule has 0 fully saturated rings. The number of hydrogen-bond acceptors (Lipinski definition) is 3. The van der Waals surface area contributed by atoms with Crippen LogP contribution in [-0.2, 0) is 4.79 Å². The highest BCUT2D eigenvalue weighted by atomic mass is 16.5. The Morgan fingerprint density at radius 1 is 1.53 bits per heavy atom. The number of ether oxygens (including phenoxy) is 1. The molecule has 1 aliphatic heterocycles. The maximum Gasteiger partial charge on any atom is 0.220 e. The first-order valence-corrected chi connectivity index (χ1v) is 6.93. The van der Waals surface area contributed by atoms with Crippen LogP contribution in [-0.4, -0.2) is 18.6 Å². The Morgan fingerprint density at radius 2 is 2.32 bits per heavy atom. The van der Waals surface area contributed by atoms with Crippen molar-refractivity contribution in [1.29, 1.82) is 0 Å². The lowest BCUT2D eigenvalue weighted by Gasteiger charge is -2.26. The first kappa shape index (κ1) is 13.9. The summed E-state index contributed by atoms with van der Waals surface area (Å²) in [5.41, 5.74) is 6.76. The molecule has 4 heteroatoms. The minimum absolute atomic E-state index is 0.0766. The fourth-order valence-corrected chi connectivity index (χ4v) is 2.34. The average Bonchev–Trinajstić information content (AvgIpc) is 2.39. The molecule has 1 aromatic carbocycles. The van der Waals surface area contributed by atoms with Gasteiger partial charge in [0.05, 0.1) is 12.6 Å². The van der Waals surface area contributed by atoms with Crippen molar-refractivity contribution >= 4 is 5.91 Å². The van der Waals surface area contributed by atoms with Crippen LogP contribution < -0.4 is 15.8 Å². The SMILES string of the molecule is CC(N)CCCC(=O)NC1CCOc2ccccc21. The van der Waals surface area contributed by atoms with Gasteiger partial charge in [-0.05, 0) is 25.8 Å². The second-order valence-electron chi connectivity index (χ2n) is 5.16. The zero-order valence-electron chi connectivity index (χ0n) is 11.4. The summed E-state index contributed by atoms with van der Waals surface area (Å²) < 4.78 is 5.58. The summed E-state index contributed by atoms with van der Waals surface area (Å²) in [5.74, 6) is 0.983. The van der Waals surface area contributed by atoms with E-state index in [4.69, 9.17) is 10.5 Å². The van der Waals surface area contributed by atoms with Gasteiger partial charge in [-0.25, -0.2) is 0 Å². The normalized spacial score (nSPS) is 19.2. The summed E-state index contributed by atoms with van der Waals surface area (Å²) in [5, 5.41) is 3.09. The van der Waals surface area contributed by atoms with Crippen molar-refractivity contribution in [1.82, 2.24) is 5.32 Å². The van der Waals surface area contributed by atoms with E-state index in [0.29, 0.717) is 13.0 Å². The second kappa shape index (κ2) is 6.57. The summed E-state index contributed by atoms with van der Waals surface area (Å²) in [4.78, 5) is 11.9. The molecule has 0 saturated heterocycles. The van der Waals surface area contributed by atoms with E-state index in [9.17, 15) is 4.79 Å². The zero-order chi connectivity index (χ0) is 13.7. The Morgan fingerprint density at radius 3 is 3.11 bits per heavy atom. The molecule has 4 nitrogen and oxygen atoms in total. The maximum atomic E-state index is 11.9. The first-order chi connectivity index (χ1) is 9.16. The number of benzene rings is 1. The van der Waals surface area contributed by atoms with Crippen molar-refractivity contribution in [2.75, 3.05) is 6.61 Å². The van der Waals surface area contributed by atoms with Gasteiger partial charge in [0.25, 0.3) is 0 Å². The largest absolute Gasteiger partial charge is 0.493 e. The van der Waals surface area contributed by atoms with E-state index in [-0.39, 0.29) is 18.0 Å². The summed E-state index contributed by atoms with van der Waals surface area (Å²) in [7, 11) is 0. The van der Waals surface area contributed by atoms with Gasteiger partial charge in [-0.2, -0.15) is 0 Å². The molecule has 0 saturated carbocycles. The Labute approximate surface area is 114 Å². The third-order valence-electron chi connectivity index (χ3n) is 3.36. The molecule has 1 heterocycles. The van der Waals surface area contributed by atoms with E-state index in [2.05, 4.69) is 5.32 Å². The molecule has 2 atom stereocenters. The van der Waals surface area contributed by atoms with E-state index >= 15 is 0 Å². The fourth-order valence-electron chi connectivity index (χ4n) is 2.34. The van der Waals surface area contributed by atoms with Crippen molar-refractivity contribution < 1.29 is 9.53 Å². The summed E-state index contributed by atoms with van der Waals surface area (Å²) in [6.45, 7) is 2.62. The smallest absolute Gasteiger partial charge is 0.220 e. The molecule has 0 aromatic heterocycles. The number of carbonyl (C=O) groups excluding carboxylic acids is 1. The Bertz CT molecular complexity index is 432. The van der Waals surface area contributed by atoms with Gasteiger partial charge < -0.3 is 15.8 Å². The average molecular weight is 262 g/mol. The van der Waals surface area contributed by atoms with Crippen molar-refractivity contribution in [3.63, 3.8) is 0 Å². The molecule has 0 bridgehead atoms. The standard InChI is InChI=1S/C15H22N2O2/c1-11(16)5-4-8-15(18)17-13-9-10-19-14-7-3-2-6-12(13)14/h2-3,6-7,11,13H,4-5,8-10,16H2,1H3,(H,17,18). The highest BCUT2D eigenvalue weighted by Crippen LogP contribution is 2.31. The number of rotatable bonds is 5. The number of nitrogens with two attached hydrogens (primary N) is 1. The molecule has 0 aliphatic carbocycles. The van der Waals surface area contributed by atoms with Crippen LogP contribution in [0.15, 0.2) is 24.3 Å². The van der Waals surface area contributed by atoms with Crippen molar-refractivity contribution in [3.8, 4) is 5.75 Å². The van der Waals surface area contributed by atoms with Gasteiger partial charge in [0, 0.05) is 24.4 Å².